The summed E-state index contributed by atoms with van der Waals surface area (Å²) in [5.74, 6) is -0.356. The van der Waals surface area contributed by atoms with Gasteiger partial charge in [-0.25, -0.2) is 0 Å². The van der Waals surface area contributed by atoms with E-state index in [1.165, 1.54) is 0 Å². The molecule has 0 saturated heterocycles. The Morgan fingerprint density at radius 2 is 2.00 bits per heavy atom. The lowest BCUT2D eigenvalue weighted by Gasteiger charge is -2.27. The van der Waals surface area contributed by atoms with Crippen LogP contribution in [0.5, 0.6) is 0 Å². The second-order valence-electron chi connectivity index (χ2n) is 4.61. The van der Waals surface area contributed by atoms with E-state index in [9.17, 15) is 4.79 Å². The van der Waals surface area contributed by atoms with Crippen LogP contribution in [0.4, 0.5) is 5.69 Å². The fraction of sp³-hybridized carbons (Fsp3) is 0.467. The van der Waals surface area contributed by atoms with Crippen LogP contribution in [-0.2, 0) is 4.79 Å². The van der Waals surface area contributed by atoms with Crippen LogP contribution in [0.25, 0.3) is 0 Å². The van der Waals surface area contributed by atoms with E-state index in [4.69, 9.17) is 18.0 Å². The smallest absolute Gasteiger partial charge is 0.236 e. The fourth-order valence-electron chi connectivity index (χ4n) is 2.18. The van der Waals surface area contributed by atoms with Crippen molar-refractivity contribution in [3.05, 3.63) is 29.8 Å². The highest BCUT2D eigenvalue weighted by Gasteiger charge is 2.26. The molecule has 0 aliphatic carbocycles. The van der Waals surface area contributed by atoms with Gasteiger partial charge in [0.25, 0.3) is 0 Å². The monoisotopic (exact) mass is 278 g/mol. The summed E-state index contributed by atoms with van der Waals surface area (Å²) in [6.45, 7) is 6.61. The molecule has 2 N–H and O–H groups in total. The first kappa shape index (κ1) is 15.6. The van der Waals surface area contributed by atoms with Crippen molar-refractivity contribution < 1.29 is 4.79 Å². The zero-order chi connectivity index (χ0) is 14.4. The molecule has 0 spiro atoms. The highest BCUT2D eigenvalue weighted by Crippen LogP contribution is 2.22. The lowest BCUT2D eigenvalue weighted by Crippen LogP contribution is -2.41. The Balaban J connectivity index is 3.06. The zero-order valence-electron chi connectivity index (χ0n) is 11.8. The summed E-state index contributed by atoms with van der Waals surface area (Å²) in [6.07, 6.45) is 1.59. The Kier molecular flexibility index (Phi) is 5.96. The third-order valence-electron chi connectivity index (χ3n) is 3.21. The maximum absolute atomic E-state index is 12.6. The molecule has 104 valence electrons. The molecule has 0 aromatic heterocycles. The van der Waals surface area contributed by atoms with Crippen LogP contribution in [0.15, 0.2) is 24.3 Å². The predicted molar refractivity (Wildman–Crippen MR) is 84.4 cm³/mol. The van der Waals surface area contributed by atoms with Gasteiger partial charge in [0.2, 0.25) is 5.91 Å². The van der Waals surface area contributed by atoms with E-state index in [1.54, 1.807) is 4.90 Å². The molecule has 1 amide bonds. The molecule has 0 saturated carbocycles. The standard InChI is InChI=1S/C15H22N2OS/c1-4-8-12(14(16)19)15(18)17(5-2)13-10-7-6-9-11(13)3/h6-7,9-10,12H,4-5,8H2,1-3H3,(H2,16,19). The van der Waals surface area contributed by atoms with E-state index in [1.807, 2.05) is 45.0 Å². The van der Waals surface area contributed by atoms with E-state index in [0.29, 0.717) is 18.0 Å². The highest BCUT2D eigenvalue weighted by molar-refractivity contribution is 7.80. The van der Waals surface area contributed by atoms with Crippen molar-refractivity contribution in [2.45, 2.75) is 33.6 Å². The number of hydrogen-bond donors (Lipinski definition) is 1. The van der Waals surface area contributed by atoms with Crippen molar-refractivity contribution in [3.8, 4) is 0 Å². The van der Waals surface area contributed by atoms with Gasteiger partial charge in [-0.15, -0.1) is 0 Å². The van der Waals surface area contributed by atoms with Crippen LogP contribution in [0, 0.1) is 12.8 Å². The van der Waals surface area contributed by atoms with Gasteiger partial charge in [0, 0.05) is 12.2 Å². The van der Waals surface area contributed by atoms with Crippen LogP contribution >= 0.6 is 12.2 Å². The first-order valence-electron chi connectivity index (χ1n) is 6.69. The number of rotatable bonds is 6. The van der Waals surface area contributed by atoms with Crippen molar-refractivity contribution >= 4 is 28.8 Å². The maximum atomic E-state index is 12.6. The van der Waals surface area contributed by atoms with Crippen molar-refractivity contribution in [3.63, 3.8) is 0 Å². The van der Waals surface area contributed by atoms with Crippen LogP contribution in [0.2, 0.25) is 0 Å². The Morgan fingerprint density at radius 1 is 1.37 bits per heavy atom. The molecular formula is C15H22N2OS. The van der Waals surface area contributed by atoms with E-state index in [2.05, 4.69) is 0 Å². The SMILES string of the molecule is CCCC(C(=O)N(CC)c1ccccc1C)C(N)=S. The van der Waals surface area contributed by atoms with E-state index in [0.717, 1.165) is 17.7 Å². The van der Waals surface area contributed by atoms with Crippen LogP contribution < -0.4 is 10.6 Å². The van der Waals surface area contributed by atoms with Crippen molar-refractivity contribution in [1.82, 2.24) is 0 Å². The Morgan fingerprint density at radius 3 is 2.47 bits per heavy atom. The molecule has 19 heavy (non-hydrogen) atoms. The van der Waals surface area contributed by atoms with Gasteiger partial charge in [-0.3, -0.25) is 4.79 Å². The molecule has 1 unspecified atom stereocenters. The second kappa shape index (κ2) is 7.24. The topological polar surface area (TPSA) is 46.3 Å². The molecule has 4 heteroatoms. The minimum atomic E-state index is -0.362. The maximum Gasteiger partial charge on any atom is 0.236 e. The van der Waals surface area contributed by atoms with E-state index >= 15 is 0 Å². The third-order valence-corrected chi connectivity index (χ3v) is 3.49. The van der Waals surface area contributed by atoms with Gasteiger partial charge in [-0.2, -0.15) is 0 Å². The summed E-state index contributed by atoms with van der Waals surface area (Å²) in [6, 6.07) is 7.86. The number of anilines is 1. The zero-order valence-corrected chi connectivity index (χ0v) is 12.7. The molecule has 1 rings (SSSR count). The summed E-state index contributed by atoms with van der Waals surface area (Å²) in [5, 5.41) is 0. The van der Waals surface area contributed by atoms with Gasteiger partial charge in [-0.1, -0.05) is 43.8 Å². The number of hydrogen-bond acceptors (Lipinski definition) is 2. The van der Waals surface area contributed by atoms with Crippen molar-refractivity contribution in [1.29, 1.82) is 0 Å². The van der Waals surface area contributed by atoms with Gasteiger partial charge in [0.15, 0.2) is 0 Å². The second-order valence-corrected chi connectivity index (χ2v) is 5.08. The molecular weight excluding hydrogens is 256 g/mol. The summed E-state index contributed by atoms with van der Waals surface area (Å²) >= 11 is 5.04. The summed E-state index contributed by atoms with van der Waals surface area (Å²) < 4.78 is 0. The normalized spacial score (nSPS) is 11.9. The molecule has 3 nitrogen and oxygen atoms in total. The van der Waals surface area contributed by atoms with E-state index in [-0.39, 0.29) is 11.8 Å². The average Bonchev–Trinajstić information content (AvgIpc) is 2.38. The molecule has 0 aliphatic heterocycles. The number of nitrogens with zero attached hydrogens (tertiary/aromatic N) is 1. The molecule has 1 atom stereocenters. The molecule has 1 aromatic rings. The number of benzene rings is 1. The molecule has 0 fully saturated rings. The summed E-state index contributed by atoms with van der Waals surface area (Å²) in [4.78, 5) is 14.7. The minimum absolute atomic E-state index is 0.00569. The number of amides is 1. The van der Waals surface area contributed by atoms with Crippen molar-refractivity contribution in [2.24, 2.45) is 11.7 Å². The van der Waals surface area contributed by atoms with Crippen molar-refractivity contribution in [2.75, 3.05) is 11.4 Å². The van der Waals surface area contributed by atoms with Gasteiger partial charge in [-0.05, 0) is 31.9 Å². The summed E-state index contributed by atoms with van der Waals surface area (Å²) in [7, 11) is 0. The Labute approximate surface area is 120 Å². The number of thiocarbonyl (C=S) groups is 1. The number of carbonyl (C=O) groups excluding carboxylic acids is 1. The van der Waals surface area contributed by atoms with Gasteiger partial charge in [0.1, 0.15) is 0 Å². The quantitative estimate of drug-likeness (QED) is 0.814. The van der Waals surface area contributed by atoms with Gasteiger partial charge < -0.3 is 10.6 Å². The lowest BCUT2D eigenvalue weighted by atomic mass is 10.0. The number of para-hydroxylation sites is 1. The number of aryl methyl sites for hydroxylation is 1. The van der Waals surface area contributed by atoms with Gasteiger partial charge in [0.05, 0.1) is 10.9 Å². The largest absolute Gasteiger partial charge is 0.393 e. The first-order valence-corrected chi connectivity index (χ1v) is 7.10. The first-order chi connectivity index (χ1) is 9.02. The minimum Gasteiger partial charge on any atom is -0.393 e. The van der Waals surface area contributed by atoms with Crippen LogP contribution in [0.3, 0.4) is 0 Å². The Hall–Kier alpha value is -1.42. The summed E-state index contributed by atoms with van der Waals surface area (Å²) in [5.41, 5.74) is 7.73. The highest BCUT2D eigenvalue weighted by atomic mass is 32.1. The average molecular weight is 278 g/mol. The van der Waals surface area contributed by atoms with E-state index < -0.39 is 0 Å². The third kappa shape index (κ3) is 3.77. The van der Waals surface area contributed by atoms with Crippen LogP contribution in [0.1, 0.15) is 32.3 Å². The Bertz CT molecular complexity index is 459. The molecule has 0 heterocycles. The molecule has 0 aliphatic rings. The number of carbonyl (C=O) groups is 1. The number of nitrogens with two attached hydrogens (primary N) is 1. The van der Waals surface area contributed by atoms with Crippen LogP contribution in [-0.4, -0.2) is 17.4 Å². The lowest BCUT2D eigenvalue weighted by molar-refractivity contribution is -0.120. The molecule has 1 aromatic carbocycles. The molecule has 0 bridgehead atoms. The van der Waals surface area contributed by atoms with Gasteiger partial charge >= 0.3 is 0 Å². The predicted octanol–water partition coefficient (Wildman–Crippen LogP) is 3.05. The fourth-order valence-corrected chi connectivity index (χ4v) is 2.39. The molecule has 0 radical (unpaired) electrons.